The van der Waals surface area contributed by atoms with Crippen molar-refractivity contribution in [3.8, 4) is 6.07 Å². The Morgan fingerprint density at radius 2 is 2.00 bits per heavy atom. The third kappa shape index (κ3) is 2.84. The summed E-state index contributed by atoms with van der Waals surface area (Å²) in [5.74, 6) is -0.0946. The van der Waals surface area contributed by atoms with E-state index >= 15 is 0 Å². The maximum Gasteiger partial charge on any atom is 0.228 e. The van der Waals surface area contributed by atoms with E-state index in [2.05, 4.69) is 5.32 Å². The molecule has 2 atom stereocenters. The first-order chi connectivity index (χ1) is 8.63. The fourth-order valence-electron chi connectivity index (χ4n) is 1.89. The molecule has 1 aliphatic carbocycles. The molecule has 92 valence electrons. The molecule has 0 heterocycles. The van der Waals surface area contributed by atoms with Crippen molar-refractivity contribution in [3.05, 3.63) is 46.1 Å². The van der Waals surface area contributed by atoms with Crippen molar-refractivity contribution >= 4 is 29.1 Å². The second-order valence-corrected chi connectivity index (χ2v) is 5.05. The van der Waals surface area contributed by atoms with Crippen LogP contribution in [0.2, 0.25) is 0 Å². The number of carbonyl (C=O) groups is 1. The Labute approximate surface area is 115 Å². The SMILES string of the molecule is N#CC(NC(=O)[C@@H]1C[C@H]1c1ccccc1)=C(Cl)Cl. The predicted molar refractivity (Wildman–Crippen MR) is 69.8 cm³/mol. The van der Waals surface area contributed by atoms with Gasteiger partial charge < -0.3 is 5.32 Å². The minimum Gasteiger partial charge on any atom is -0.315 e. The number of halogens is 2. The highest BCUT2D eigenvalue weighted by Crippen LogP contribution is 2.47. The number of amides is 1. The molecule has 0 aromatic heterocycles. The molecule has 1 N–H and O–H groups in total. The molecule has 1 saturated carbocycles. The molecule has 1 aromatic rings. The van der Waals surface area contributed by atoms with Crippen LogP contribution in [-0.4, -0.2) is 5.91 Å². The van der Waals surface area contributed by atoms with E-state index in [-0.39, 0.29) is 27.9 Å². The van der Waals surface area contributed by atoms with Crippen LogP contribution in [0.5, 0.6) is 0 Å². The van der Waals surface area contributed by atoms with Gasteiger partial charge in [0.05, 0.1) is 0 Å². The maximum atomic E-state index is 11.8. The average molecular weight is 281 g/mol. The van der Waals surface area contributed by atoms with Crippen LogP contribution in [0.4, 0.5) is 0 Å². The topological polar surface area (TPSA) is 52.9 Å². The van der Waals surface area contributed by atoms with E-state index in [1.807, 2.05) is 30.3 Å². The van der Waals surface area contributed by atoms with E-state index in [1.54, 1.807) is 6.07 Å². The highest BCUT2D eigenvalue weighted by atomic mass is 35.5. The smallest absolute Gasteiger partial charge is 0.228 e. The number of rotatable bonds is 3. The predicted octanol–water partition coefficient (Wildman–Crippen LogP) is 3.08. The van der Waals surface area contributed by atoms with Crippen LogP contribution in [0.25, 0.3) is 0 Å². The normalized spacial score (nSPS) is 20.7. The Kier molecular flexibility index (Phi) is 3.90. The second kappa shape index (κ2) is 5.43. The zero-order valence-electron chi connectivity index (χ0n) is 9.36. The van der Waals surface area contributed by atoms with E-state index in [0.717, 1.165) is 12.0 Å². The van der Waals surface area contributed by atoms with E-state index in [4.69, 9.17) is 28.5 Å². The minimum atomic E-state index is -0.220. The van der Waals surface area contributed by atoms with Gasteiger partial charge in [0.2, 0.25) is 5.91 Å². The molecule has 0 radical (unpaired) electrons. The van der Waals surface area contributed by atoms with Gasteiger partial charge in [-0.15, -0.1) is 0 Å². The number of nitrogens with zero attached hydrogens (tertiary/aromatic N) is 1. The number of benzene rings is 1. The number of hydrogen-bond acceptors (Lipinski definition) is 2. The van der Waals surface area contributed by atoms with Crippen molar-refractivity contribution in [2.24, 2.45) is 5.92 Å². The first-order valence-electron chi connectivity index (χ1n) is 5.44. The van der Waals surface area contributed by atoms with Crippen LogP contribution in [0.1, 0.15) is 17.9 Å². The number of allylic oxidation sites excluding steroid dienone is 1. The Balaban J connectivity index is 1.99. The molecular weight excluding hydrogens is 271 g/mol. The Morgan fingerprint density at radius 3 is 2.56 bits per heavy atom. The van der Waals surface area contributed by atoms with Crippen LogP contribution >= 0.6 is 23.2 Å². The monoisotopic (exact) mass is 280 g/mol. The quantitative estimate of drug-likeness (QED) is 0.865. The standard InChI is InChI=1S/C13H10Cl2N2O/c14-12(15)11(7-16)17-13(18)10-6-9(10)8-4-2-1-3-5-8/h1-5,9-10H,6H2,(H,17,18)/t9-,10+/m0/s1. The zero-order valence-corrected chi connectivity index (χ0v) is 10.9. The molecule has 0 bridgehead atoms. The molecular formula is C13H10Cl2N2O. The van der Waals surface area contributed by atoms with Gasteiger partial charge in [-0.1, -0.05) is 53.5 Å². The molecule has 3 nitrogen and oxygen atoms in total. The molecule has 0 spiro atoms. The van der Waals surface area contributed by atoms with Crippen molar-refractivity contribution in [2.75, 3.05) is 0 Å². The summed E-state index contributed by atoms with van der Waals surface area (Å²) in [5, 5.41) is 11.2. The van der Waals surface area contributed by atoms with Crippen molar-refractivity contribution in [3.63, 3.8) is 0 Å². The lowest BCUT2D eigenvalue weighted by Crippen LogP contribution is -2.24. The van der Waals surface area contributed by atoms with Gasteiger partial charge in [-0.3, -0.25) is 4.79 Å². The molecule has 18 heavy (non-hydrogen) atoms. The number of nitrogens with one attached hydrogen (secondary N) is 1. The summed E-state index contributed by atoms with van der Waals surface area (Å²) in [4.78, 5) is 11.8. The molecule has 0 aliphatic heterocycles. The summed E-state index contributed by atoms with van der Waals surface area (Å²) >= 11 is 10.9. The lowest BCUT2D eigenvalue weighted by molar-refractivity contribution is -0.121. The van der Waals surface area contributed by atoms with Crippen LogP contribution in [0.3, 0.4) is 0 Å². The van der Waals surface area contributed by atoms with Gasteiger partial charge in [-0.2, -0.15) is 5.26 Å². The summed E-state index contributed by atoms with van der Waals surface area (Å²) in [6.45, 7) is 0. The highest BCUT2D eigenvalue weighted by Gasteiger charge is 2.44. The maximum absolute atomic E-state index is 11.8. The molecule has 0 unspecified atom stereocenters. The van der Waals surface area contributed by atoms with Gasteiger partial charge in [0.15, 0.2) is 5.70 Å². The van der Waals surface area contributed by atoms with Crippen molar-refractivity contribution in [1.29, 1.82) is 5.26 Å². The van der Waals surface area contributed by atoms with Gasteiger partial charge in [0.1, 0.15) is 10.6 Å². The van der Waals surface area contributed by atoms with Crippen molar-refractivity contribution < 1.29 is 4.79 Å². The van der Waals surface area contributed by atoms with E-state index < -0.39 is 0 Å². The largest absolute Gasteiger partial charge is 0.315 e. The van der Waals surface area contributed by atoms with Crippen LogP contribution in [-0.2, 0) is 4.79 Å². The average Bonchev–Trinajstić information content (AvgIpc) is 3.16. The van der Waals surface area contributed by atoms with E-state index in [1.165, 1.54) is 0 Å². The highest BCUT2D eigenvalue weighted by molar-refractivity contribution is 6.56. The van der Waals surface area contributed by atoms with Gasteiger partial charge in [0, 0.05) is 5.92 Å². The molecule has 1 aromatic carbocycles. The lowest BCUT2D eigenvalue weighted by atomic mass is 10.1. The van der Waals surface area contributed by atoms with Crippen LogP contribution in [0, 0.1) is 17.2 Å². The lowest BCUT2D eigenvalue weighted by Gasteiger charge is -2.03. The molecule has 1 aliphatic rings. The van der Waals surface area contributed by atoms with E-state index in [0.29, 0.717) is 0 Å². The fraction of sp³-hybridized carbons (Fsp3) is 0.231. The van der Waals surface area contributed by atoms with Crippen LogP contribution < -0.4 is 5.32 Å². The first kappa shape index (κ1) is 12.9. The molecule has 2 rings (SSSR count). The second-order valence-electron chi connectivity index (χ2n) is 4.10. The minimum absolute atomic E-state index is 0.0953. The number of nitriles is 1. The van der Waals surface area contributed by atoms with Crippen LogP contribution in [0.15, 0.2) is 40.5 Å². The first-order valence-corrected chi connectivity index (χ1v) is 6.20. The third-order valence-corrected chi connectivity index (χ3v) is 3.28. The molecule has 0 saturated heterocycles. The van der Waals surface area contributed by atoms with Gasteiger partial charge in [-0.25, -0.2) is 0 Å². The Bertz CT molecular complexity index is 530. The van der Waals surface area contributed by atoms with E-state index in [9.17, 15) is 4.79 Å². The molecule has 5 heteroatoms. The number of hydrogen-bond donors (Lipinski definition) is 1. The Hall–Kier alpha value is -1.50. The Morgan fingerprint density at radius 1 is 1.33 bits per heavy atom. The zero-order chi connectivity index (χ0) is 13.1. The van der Waals surface area contributed by atoms with Gasteiger partial charge in [0.25, 0.3) is 0 Å². The molecule has 1 fully saturated rings. The summed E-state index contributed by atoms with van der Waals surface area (Å²) < 4.78 is -0.220. The van der Waals surface area contributed by atoms with Gasteiger partial charge >= 0.3 is 0 Å². The van der Waals surface area contributed by atoms with Crippen molar-refractivity contribution in [2.45, 2.75) is 12.3 Å². The summed E-state index contributed by atoms with van der Waals surface area (Å²) in [5.41, 5.74) is 1.04. The fourth-order valence-corrected chi connectivity index (χ4v) is 2.07. The molecule has 1 amide bonds. The van der Waals surface area contributed by atoms with Gasteiger partial charge in [-0.05, 0) is 17.9 Å². The summed E-state index contributed by atoms with van der Waals surface area (Å²) in [7, 11) is 0. The summed E-state index contributed by atoms with van der Waals surface area (Å²) in [6.07, 6.45) is 0.786. The third-order valence-electron chi connectivity index (χ3n) is 2.90. The van der Waals surface area contributed by atoms with Crippen molar-refractivity contribution in [1.82, 2.24) is 5.32 Å². The summed E-state index contributed by atoms with van der Waals surface area (Å²) in [6, 6.07) is 11.6. The number of carbonyl (C=O) groups excluding carboxylic acids is 1.